The van der Waals surface area contributed by atoms with E-state index in [-0.39, 0.29) is 46.9 Å². The van der Waals surface area contributed by atoms with E-state index in [9.17, 15) is 28.8 Å². The molecule has 0 radical (unpaired) electrons. The average molecular weight is 1040 g/mol. The van der Waals surface area contributed by atoms with Crippen LogP contribution in [0.3, 0.4) is 0 Å². The molecule has 0 heterocycles. The zero-order valence-corrected chi connectivity index (χ0v) is 44.8. The van der Waals surface area contributed by atoms with Gasteiger partial charge in [0.25, 0.3) is 0 Å². The third-order valence-corrected chi connectivity index (χ3v) is 13.0. The van der Waals surface area contributed by atoms with Crippen molar-refractivity contribution in [1.29, 1.82) is 10.8 Å². The van der Waals surface area contributed by atoms with E-state index in [0.717, 1.165) is 90.1 Å². The predicted molar refractivity (Wildman–Crippen MR) is 291 cm³/mol. The Morgan fingerprint density at radius 3 is 0.959 bits per heavy atom. The lowest BCUT2D eigenvalue weighted by atomic mass is 10.00. The molecule has 0 bridgehead atoms. The van der Waals surface area contributed by atoms with Gasteiger partial charge in [0.15, 0.2) is 0 Å². The second kappa shape index (κ2) is 45.3. The fourth-order valence-corrected chi connectivity index (χ4v) is 8.12. The number of Topliss-reactive ketones (excluding diaryl/α,β-unsaturated/α-hetero) is 2. The monoisotopic (exact) mass is 1040 g/mol. The van der Waals surface area contributed by atoms with Crippen LogP contribution in [0.5, 0.6) is 0 Å². The molecule has 0 aromatic carbocycles. The zero-order chi connectivity index (χ0) is 54.7. The highest BCUT2D eigenvalue weighted by Gasteiger charge is 2.19. The Hall–Kier alpha value is -4.16. The molecule has 4 amide bonds. The number of hydrogen-bond donors (Lipinski definition) is 14. The second-order valence-electron chi connectivity index (χ2n) is 19.7. The van der Waals surface area contributed by atoms with Crippen molar-refractivity contribution in [3.63, 3.8) is 0 Å². The van der Waals surface area contributed by atoms with E-state index in [4.69, 9.17) is 61.4 Å². The van der Waals surface area contributed by atoms with Crippen molar-refractivity contribution in [3.05, 3.63) is 0 Å². The van der Waals surface area contributed by atoms with Crippen LogP contribution in [0.2, 0.25) is 0 Å². The maximum absolute atomic E-state index is 12.7. The number of amidine groups is 2. The lowest BCUT2D eigenvalue weighted by molar-refractivity contribution is -0.123. The number of unbranched alkanes of at least 4 members (excludes halogenated alkanes) is 10. The summed E-state index contributed by atoms with van der Waals surface area (Å²) in [5, 5.41) is 26.1. The first kappa shape index (κ1) is 68.8. The molecule has 73 heavy (non-hydrogen) atoms. The van der Waals surface area contributed by atoms with Crippen molar-refractivity contribution in [2.24, 2.45) is 45.9 Å². The molecule has 424 valence electrons. The van der Waals surface area contributed by atoms with E-state index in [1.165, 1.54) is 0 Å². The molecule has 0 aliphatic rings. The van der Waals surface area contributed by atoms with Gasteiger partial charge in [0, 0.05) is 65.5 Å². The minimum atomic E-state index is -0.632. The molecule has 0 aromatic rings. The first-order chi connectivity index (χ1) is 34.9. The maximum atomic E-state index is 12.7. The Kier molecular flexibility index (Phi) is 42.7. The van der Waals surface area contributed by atoms with Gasteiger partial charge in [-0.25, -0.2) is 0 Å². The predicted octanol–water partition coefficient (Wildman–Crippen LogP) is 1.30. The normalized spacial score (nSPS) is 13.9. The van der Waals surface area contributed by atoms with Crippen LogP contribution in [0.4, 0.5) is 0 Å². The Bertz CT molecular complexity index is 1440. The molecule has 0 aromatic heterocycles. The number of hydrogen-bond acceptors (Lipinski definition) is 16. The van der Waals surface area contributed by atoms with Gasteiger partial charge >= 0.3 is 0 Å². The molecule has 0 aliphatic heterocycles. The number of carbonyl (C=O) groups is 6. The molecule has 0 saturated heterocycles. The van der Waals surface area contributed by atoms with Gasteiger partial charge in [0.05, 0.1) is 54.5 Å². The highest BCUT2D eigenvalue weighted by molar-refractivity contribution is 5.85. The van der Waals surface area contributed by atoms with Crippen molar-refractivity contribution in [3.8, 4) is 0 Å². The van der Waals surface area contributed by atoms with Crippen molar-refractivity contribution in [2.45, 2.75) is 216 Å². The van der Waals surface area contributed by atoms with E-state index in [2.05, 4.69) is 26.2 Å². The summed E-state index contributed by atoms with van der Waals surface area (Å²) in [5.41, 5.74) is 47.2. The smallest absolute Gasteiger partial charge is 0.236 e. The number of nitrogens with one attached hydrogen (secondary N) is 6. The van der Waals surface area contributed by atoms with Crippen LogP contribution in [0.25, 0.3) is 0 Å². The minimum absolute atomic E-state index is 0.0124. The molecular weight excluding hydrogens is 935 g/mol. The molecule has 0 saturated carbocycles. The molecule has 0 aliphatic carbocycles. The highest BCUT2D eigenvalue weighted by atomic mass is 16.5. The Morgan fingerprint density at radius 2 is 0.658 bits per heavy atom. The van der Waals surface area contributed by atoms with Gasteiger partial charge in [0.1, 0.15) is 11.6 Å². The first-order valence-electron chi connectivity index (χ1n) is 27.5. The topological polar surface area (TPSA) is 419 Å². The third kappa shape index (κ3) is 39.9. The summed E-state index contributed by atoms with van der Waals surface area (Å²) in [6.07, 6.45) is 18.8. The summed E-state index contributed by atoms with van der Waals surface area (Å²) in [4.78, 5) is 77.1. The number of ether oxygens (including phenoxy) is 1. The molecule has 22 N–H and O–H groups in total. The van der Waals surface area contributed by atoms with Gasteiger partial charge in [0.2, 0.25) is 23.6 Å². The van der Waals surface area contributed by atoms with Gasteiger partial charge in [-0.05, 0) is 116 Å². The summed E-state index contributed by atoms with van der Waals surface area (Å²) in [7, 11) is 1.65. The van der Waals surface area contributed by atoms with Crippen LogP contribution in [0.1, 0.15) is 180 Å². The average Bonchev–Trinajstić information content (AvgIpc) is 3.35. The van der Waals surface area contributed by atoms with E-state index >= 15 is 0 Å². The molecule has 0 rings (SSSR count). The standard InChI is InChI=1S/C51H103N15O7/c1-73-37-36-66(34-18-32-64-50(71)42(56)22-6-2-10-26-44(67)38(52)20-14-16-30-62-48(69)40(54)24-8-4-12-28-46(58)59)35-19-33-65-51(72)43(57)23-7-3-11-27-45(68)39(53)21-15-17-31-63-49(70)41(55)25-9-5-13-29-47(60)61/h38-43H,2-37,52-57H2,1H3,(H3,58,59)(H3,60,61)(H,62,69)(H,63,70)(H,64,71)(H,65,72)/t38-,39-,40-,41-,42-,43-/m0/s1. The minimum Gasteiger partial charge on any atom is -0.388 e. The molecule has 0 unspecified atom stereocenters. The van der Waals surface area contributed by atoms with Crippen LogP contribution < -0.4 is 67.1 Å². The van der Waals surface area contributed by atoms with Crippen LogP contribution >= 0.6 is 0 Å². The van der Waals surface area contributed by atoms with E-state index in [1.807, 2.05) is 0 Å². The summed E-state index contributed by atoms with van der Waals surface area (Å²) >= 11 is 0. The van der Waals surface area contributed by atoms with Gasteiger partial charge in [-0.2, -0.15) is 0 Å². The fraction of sp³-hybridized carbons (Fsp3) is 0.843. The third-order valence-electron chi connectivity index (χ3n) is 13.0. The molecule has 0 spiro atoms. The van der Waals surface area contributed by atoms with Gasteiger partial charge in [-0.15, -0.1) is 0 Å². The van der Waals surface area contributed by atoms with Crippen molar-refractivity contribution >= 4 is 46.9 Å². The largest absolute Gasteiger partial charge is 0.388 e. The Labute approximate surface area is 437 Å². The lowest BCUT2D eigenvalue weighted by Gasteiger charge is -2.22. The number of methoxy groups -OCH3 is 1. The number of nitrogens with zero attached hydrogens (tertiary/aromatic N) is 1. The molecule has 22 nitrogen and oxygen atoms in total. The van der Waals surface area contributed by atoms with Crippen LogP contribution in [0, 0.1) is 10.8 Å². The van der Waals surface area contributed by atoms with Gasteiger partial charge < -0.3 is 76.8 Å². The highest BCUT2D eigenvalue weighted by Crippen LogP contribution is 2.12. The SMILES string of the molecule is COCCN(CCCNC(=O)[C@@H](N)CCCCCC(=O)[C@@H](N)CCCCNC(=O)[C@@H](N)CCCCCC(=N)N)CCCNC(=O)[C@@H](N)CCCCCC(=O)[C@@H](N)CCCCNC(=O)[C@@H](N)CCCCCC(=N)N. The Morgan fingerprint density at radius 1 is 0.384 bits per heavy atom. The lowest BCUT2D eigenvalue weighted by Crippen LogP contribution is -2.42. The summed E-state index contributed by atoms with van der Waals surface area (Å²) in [6, 6.07) is -3.48. The number of nitrogens with two attached hydrogens (primary N) is 8. The maximum Gasteiger partial charge on any atom is 0.236 e. The quantitative estimate of drug-likeness (QED) is 0.0232. The first-order valence-corrected chi connectivity index (χ1v) is 27.5. The summed E-state index contributed by atoms with van der Waals surface area (Å²) in [5.74, 6) is -0.401. The number of carbonyl (C=O) groups excluding carboxylic acids is 6. The van der Waals surface area contributed by atoms with Crippen LogP contribution in [-0.4, -0.2) is 148 Å². The van der Waals surface area contributed by atoms with Crippen molar-refractivity contribution in [1.82, 2.24) is 26.2 Å². The Balaban J connectivity index is 4.09. The number of rotatable bonds is 51. The van der Waals surface area contributed by atoms with Crippen molar-refractivity contribution < 1.29 is 33.5 Å². The van der Waals surface area contributed by atoms with Gasteiger partial charge in [-0.1, -0.05) is 51.4 Å². The molecule has 0 fully saturated rings. The number of ketones is 2. The number of amides is 4. The van der Waals surface area contributed by atoms with Gasteiger partial charge in [-0.3, -0.25) is 39.6 Å². The zero-order valence-electron chi connectivity index (χ0n) is 44.8. The summed E-state index contributed by atoms with van der Waals surface area (Å²) < 4.78 is 5.28. The molecule has 6 atom stereocenters. The second-order valence-corrected chi connectivity index (χ2v) is 19.7. The molecular formula is C51H103N15O7. The molecule has 22 heteroatoms. The van der Waals surface area contributed by atoms with Crippen LogP contribution in [0.15, 0.2) is 0 Å². The van der Waals surface area contributed by atoms with E-state index in [1.54, 1.807) is 7.11 Å². The fourth-order valence-electron chi connectivity index (χ4n) is 8.12. The summed E-state index contributed by atoms with van der Waals surface area (Å²) in [6.45, 7) is 4.64. The van der Waals surface area contributed by atoms with E-state index < -0.39 is 36.3 Å². The van der Waals surface area contributed by atoms with Crippen molar-refractivity contribution in [2.75, 3.05) is 59.5 Å². The van der Waals surface area contributed by atoms with E-state index in [0.29, 0.717) is 142 Å². The van der Waals surface area contributed by atoms with Crippen LogP contribution in [-0.2, 0) is 33.5 Å².